The summed E-state index contributed by atoms with van der Waals surface area (Å²) in [6.45, 7) is 2.71. The Bertz CT molecular complexity index is 1330. The fourth-order valence-electron chi connectivity index (χ4n) is 5.20. The Morgan fingerprint density at radius 3 is 2.55 bits per heavy atom. The number of carboxylic acid groups (broad SMARTS) is 1. The number of nitrogens with one attached hydrogen (secondary N) is 1. The number of thioether (sulfide) groups is 1. The number of aliphatic carboxylic acids is 1. The van der Waals surface area contributed by atoms with E-state index < -0.39 is 41.4 Å². The molecule has 1 aromatic carbocycles. The van der Waals surface area contributed by atoms with Crippen LogP contribution in [-0.2, 0) is 19.2 Å². The van der Waals surface area contributed by atoms with E-state index in [1.807, 2.05) is 6.92 Å². The van der Waals surface area contributed by atoms with E-state index >= 15 is 0 Å². The molecule has 0 aliphatic carbocycles. The number of carboxylic acids is 1. The Kier molecular flexibility index (Phi) is 7.48. The van der Waals surface area contributed by atoms with Crippen LogP contribution in [0.1, 0.15) is 42.5 Å². The molecule has 4 heterocycles. The van der Waals surface area contributed by atoms with Gasteiger partial charge in [0.1, 0.15) is 11.8 Å². The van der Waals surface area contributed by atoms with Crippen molar-refractivity contribution in [1.82, 2.24) is 14.8 Å². The average molecular weight is 562 g/mol. The molecule has 2 saturated heterocycles. The van der Waals surface area contributed by atoms with Gasteiger partial charge in [-0.3, -0.25) is 28.9 Å². The summed E-state index contributed by atoms with van der Waals surface area (Å²) in [5.74, 6) is -3.37. The van der Waals surface area contributed by atoms with Crippen molar-refractivity contribution in [3.8, 4) is 11.5 Å². The standard InChI is InChI=1S/C25H27N3O8S2/c1-2-35-15-10-13(6-7-14(15)36-12-16(29)27-8-4-3-5-9-27)18-19-21(37-22-20(18)38-25(34)26-22)24(33)28(23(19)32)11-17(30)31/h6-7,10,18-19,21H,2-5,8-9,11-12H2,1H3,(H,26,34)(H,30,31)/t18-,19+,21-/m0/s1. The summed E-state index contributed by atoms with van der Waals surface area (Å²) in [4.78, 5) is 68.2. The first-order valence-electron chi connectivity index (χ1n) is 12.4. The predicted molar refractivity (Wildman–Crippen MR) is 138 cm³/mol. The van der Waals surface area contributed by atoms with Gasteiger partial charge in [-0.15, -0.1) is 0 Å². The maximum Gasteiger partial charge on any atom is 0.323 e. The molecule has 3 aliphatic heterocycles. The number of nitrogens with zero attached hydrogens (tertiary/aromatic N) is 2. The van der Waals surface area contributed by atoms with Gasteiger partial charge >= 0.3 is 10.8 Å². The minimum Gasteiger partial charge on any atom is -0.490 e. The number of benzene rings is 1. The first kappa shape index (κ1) is 26.3. The highest BCUT2D eigenvalue weighted by atomic mass is 32.2. The second kappa shape index (κ2) is 10.8. The Labute approximate surface area is 226 Å². The number of amides is 3. The highest BCUT2D eigenvalue weighted by Gasteiger charge is 2.56. The molecule has 3 aliphatic rings. The summed E-state index contributed by atoms with van der Waals surface area (Å²) in [5, 5.41) is 8.87. The van der Waals surface area contributed by atoms with Crippen molar-refractivity contribution in [3.05, 3.63) is 38.3 Å². The maximum absolute atomic E-state index is 13.3. The molecule has 1 aromatic heterocycles. The normalized spacial score (nSPS) is 22.7. The van der Waals surface area contributed by atoms with Crippen molar-refractivity contribution in [2.45, 2.75) is 42.4 Å². The Morgan fingerprint density at radius 2 is 1.84 bits per heavy atom. The monoisotopic (exact) mass is 561 g/mol. The lowest BCUT2D eigenvalue weighted by molar-refractivity contribution is -0.149. The Morgan fingerprint density at radius 1 is 1.08 bits per heavy atom. The summed E-state index contributed by atoms with van der Waals surface area (Å²) >= 11 is 2.05. The number of H-pyrrole nitrogens is 1. The van der Waals surface area contributed by atoms with Gasteiger partial charge in [0.2, 0.25) is 11.8 Å². The highest BCUT2D eigenvalue weighted by Crippen LogP contribution is 2.53. The number of rotatable bonds is 8. The van der Waals surface area contributed by atoms with Crippen LogP contribution >= 0.6 is 23.1 Å². The summed E-state index contributed by atoms with van der Waals surface area (Å²) in [7, 11) is 0. The number of carbonyl (C=O) groups is 4. The first-order chi connectivity index (χ1) is 18.3. The number of fused-ring (bicyclic) bond motifs is 2. The van der Waals surface area contributed by atoms with Crippen molar-refractivity contribution in [2.75, 3.05) is 32.8 Å². The smallest absolute Gasteiger partial charge is 0.323 e. The molecule has 202 valence electrons. The molecule has 2 fully saturated rings. The molecular formula is C25H27N3O8S2. The minimum absolute atomic E-state index is 0.0984. The second-order valence-corrected chi connectivity index (χ2v) is 11.4. The summed E-state index contributed by atoms with van der Waals surface area (Å²) in [6.07, 6.45) is 3.07. The van der Waals surface area contributed by atoms with Crippen LogP contribution in [0, 0.1) is 5.92 Å². The molecule has 0 radical (unpaired) electrons. The molecule has 0 spiro atoms. The quantitative estimate of drug-likeness (QED) is 0.461. The number of ether oxygens (including phenoxy) is 2. The molecule has 3 amide bonds. The van der Waals surface area contributed by atoms with Gasteiger partial charge in [0.15, 0.2) is 18.1 Å². The Balaban J connectivity index is 1.47. The fourth-order valence-corrected chi connectivity index (χ4v) is 7.74. The number of aromatic nitrogens is 1. The second-order valence-electron chi connectivity index (χ2n) is 9.28. The lowest BCUT2D eigenvalue weighted by Gasteiger charge is -2.30. The molecule has 0 bridgehead atoms. The molecule has 2 N–H and O–H groups in total. The van der Waals surface area contributed by atoms with Gasteiger partial charge in [0.05, 0.1) is 17.6 Å². The van der Waals surface area contributed by atoms with E-state index in [1.165, 1.54) is 0 Å². The zero-order valence-electron chi connectivity index (χ0n) is 20.6. The van der Waals surface area contributed by atoms with Crippen LogP contribution in [-0.4, -0.2) is 81.7 Å². The lowest BCUT2D eigenvalue weighted by atomic mass is 9.83. The summed E-state index contributed by atoms with van der Waals surface area (Å²) in [5.41, 5.74) is 0.619. The van der Waals surface area contributed by atoms with Gasteiger partial charge in [-0.25, -0.2) is 0 Å². The highest BCUT2D eigenvalue weighted by molar-refractivity contribution is 8.00. The third-order valence-electron chi connectivity index (χ3n) is 6.90. The molecule has 5 rings (SSSR count). The van der Waals surface area contributed by atoms with Crippen LogP contribution in [0.3, 0.4) is 0 Å². The zero-order chi connectivity index (χ0) is 27.0. The largest absolute Gasteiger partial charge is 0.490 e. The zero-order valence-corrected chi connectivity index (χ0v) is 22.3. The Hall–Kier alpha value is -3.32. The molecule has 0 saturated carbocycles. The number of thiazole rings is 1. The third-order valence-corrected chi connectivity index (χ3v) is 9.30. The van der Waals surface area contributed by atoms with Crippen LogP contribution in [0.4, 0.5) is 0 Å². The predicted octanol–water partition coefficient (Wildman–Crippen LogP) is 1.90. The number of piperidine rings is 1. The van der Waals surface area contributed by atoms with Crippen LogP contribution in [0.2, 0.25) is 0 Å². The van der Waals surface area contributed by atoms with Crippen molar-refractivity contribution in [3.63, 3.8) is 0 Å². The average Bonchev–Trinajstić information content (AvgIpc) is 3.38. The third kappa shape index (κ3) is 4.92. The number of hydrogen-bond acceptors (Lipinski definition) is 9. The number of carbonyl (C=O) groups excluding carboxylic acids is 3. The molecule has 3 atom stereocenters. The molecule has 13 heteroatoms. The van der Waals surface area contributed by atoms with E-state index in [4.69, 9.17) is 9.47 Å². The number of imide groups is 1. The van der Waals surface area contributed by atoms with E-state index in [0.717, 1.165) is 60.4 Å². The molecule has 0 unspecified atom stereocenters. The van der Waals surface area contributed by atoms with E-state index in [9.17, 15) is 29.1 Å². The van der Waals surface area contributed by atoms with E-state index in [0.29, 0.717) is 33.6 Å². The van der Waals surface area contributed by atoms with E-state index in [2.05, 4.69) is 4.98 Å². The van der Waals surface area contributed by atoms with Gasteiger partial charge in [-0.05, 0) is 43.9 Å². The number of aromatic amines is 1. The van der Waals surface area contributed by atoms with Crippen molar-refractivity contribution in [1.29, 1.82) is 0 Å². The van der Waals surface area contributed by atoms with Crippen molar-refractivity contribution >= 4 is 46.8 Å². The van der Waals surface area contributed by atoms with Gasteiger partial charge in [0.25, 0.3) is 5.91 Å². The van der Waals surface area contributed by atoms with Crippen LogP contribution in [0.15, 0.2) is 28.0 Å². The van der Waals surface area contributed by atoms with Crippen molar-refractivity contribution in [2.24, 2.45) is 5.92 Å². The fraction of sp³-hybridized carbons (Fsp3) is 0.480. The molecule has 2 aromatic rings. The number of likely N-dealkylation sites (tertiary alicyclic amines) is 2. The molecular weight excluding hydrogens is 534 g/mol. The topological polar surface area (TPSA) is 146 Å². The van der Waals surface area contributed by atoms with Crippen LogP contribution in [0.5, 0.6) is 11.5 Å². The lowest BCUT2D eigenvalue weighted by Crippen LogP contribution is -2.38. The molecule has 38 heavy (non-hydrogen) atoms. The summed E-state index contributed by atoms with van der Waals surface area (Å²) in [6, 6.07) is 5.09. The van der Waals surface area contributed by atoms with Gasteiger partial charge in [-0.1, -0.05) is 29.2 Å². The van der Waals surface area contributed by atoms with Crippen LogP contribution < -0.4 is 14.3 Å². The van der Waals surface area contributed by atoms with E-state index in [1.54, 1.807) is 23.1 Å². The van der Waals surface area contributed by atoms with E-state index in [-0.39, 0.29) is 17.4 Å². The molecule has 11 nitrogen and oxygen atoms in total. The SMILES string of the molecule is CCOc1cc([C@@H]2c3sc(=O)[nH]c3S[C@@H]3C(=O)N(CC(=O)O)C(=O)[C@H]23)ccc1OCC(=O)N1CCCCC1. The van der Waals surface area contributed by atoms with Gasteiger partial charge < -0.3 is 24.5 Å². The first-order valence-corrected chi connectivity index (χ1v) is 14.1. The van der Waals surface area contributed by atoms with Crippen molar-refractivity contribution < 1.29 is 33.8 Å². The minimum atomic E-state index is -1.28. The number of hydrogen-bond donors (Lipinski definition) is 2. The van der Waals surface area contributed by atoms with Gasteiger partial charge in [0, 0.05) is 23.9 Å². The summed E-state index contributed by atoms with van der Waals surface area (Å²) < 4.78 is 11.6. The van der Waals surface area contributed by atoms with Crippen LogP contribution in [0.25, 0.3) is 0 Å². The maximum atomic E-state index is 13.3. The van der Waals surface area contributed by atoms with Gasteiger partial charge in [-0.2, -0.15) is 0 Å².